The van der Waals surface area contributed by atoms with E-state index in [1.165, 1.54) is 34.4 Å². The molecule has 0 radical (unpaired) electrons. The third kappa shape index (κ3) is 6.38. The topological polar surface area (TPSA) is 103 Å². The van der Waals surface area contributed by atoms with Crippen LogP contribution in [0.4, 0.5) is 15.8 Å². The molecule has 2 heterocycles. The maximum atomic E-state index is 13.6. The molecule has 2 atom stereocenters. The lowest BCUT2D eigenvalue weighted by Crippen LogP contribution is -2.43. The SMILES string of the molecule is CCc1ccc(NC(=O)[C@@H](CC)SC2=Nc3ccccc3C3=N[C@H](CC(=O)NCc4ccc(F)cc4)C(=O)N23)cc1. The van der Waals surface area contributed by atoms with Crippen LogP contribution < -0.4 is 10.6 Å². The molecule has 10 heteroatoms. The number of thioether (sulfide) groups is 1. The lowest BCUT2D eigenvalue weighted by molar-refractivity contribution is -0.128. The molecule has 0 unspecified atom stereocenters. The van der Waals surface area contributed by atoms with Gasteiger partial charge in [-0.1, -0.05) is 62.0 Å². The number of carbonyl (C=O) groups excluding carboxylic acids is 3. The van der Waals surface area contributed by atoms with Gasteiger partial charge in [-0.05, 0) is 60.4 Å². The van der Waals surface area contributed by atoms with Gasteiger partial charge in [0.1, 0.15) is 17.7 Å². The van der Waals surface area contributed by atoms with Crippen molar-refractivity contribution in [3.8, 4) is 0 Å². The minimum Gasteiger partial charge on any atom is -0.352 e. The van der Waals surface area contributed by atoms with E-state index in [0.717, 1.165) is 12.0 Å². The number of amides is 3. The second-order valence-corrected chi connectivity index (χ2v) is 10.9. The lowest BCUT2D eigenvalue weighted by atomic mass is 10.1. The van der Waals surface area contributed by atoms with Crippen LogP contribution in [-0.2, 0) is 27.3 Å². The molecule has 210 valence electrons. The number of halogens is 1. The quantitative estimate of drug-likeness (QED) is 0.368. The molecular weight excluding hydrogens is 541 g/mol. The highest BCUT2D eigenvalue weighted by Gasteiger charge is 2.43. The zero-order valence-corrected chi connectivity index (χ0v) is 23.6. The Labute approximate surface area is 242 Å². The van der Waals surface area contributed by atoms with Gasteiger partial charge in [-0.2, -0.15) is 0 Å². The first-order valence-electron chi connectivity index (χ1n) is 13.5. The van der Waals surface area contributed by atoms with Gasteiger partial charge >= 0.3 is 0 Å². The maximum absolute atomic E-state index is 13.6. The summed E-state index contributed by atoms with van der Waals surface area (Å²) < 4.78 is 13.2. The molecule has 3 amide bonds. The van der Waals surface area contributed by atoms with E-state index < -0.39 is 11.3 Å². The number of aryl methyl sites for hydroxylation is 1. The summed E-state index contributed by atoms with van der Waals surface area (Å²) in [5.74, 6) is -0.845. The van der Waals surface area contributed by atoms with Crippen molar-refractivity contribution in [1.82, 2.24) is 10.2 Å². The number of para-hydroxylation sites is 1. The van der Waals surface area contributed by atoms with Crippen LogP contribution >= 0.6 is 11.8 Å². The Morgan fingerprint density at radius 2 is 1.71 bits per heavy atom. The second kappa shape index (κ2) is 12.5. The van der Waals surface area contributed by atoms with Gasteiger partial charge in [0.05, 0.1) is 17.4 Å². The fourth-order valence-electron chi connectivity index (χ4n) is 4.56. The third-order valence-electron chi connectivity index (χ3n) is 6.87. The fourth-order valence-corrected chi connectivity index (χ4v) is 5.58. The van der Waals surface area contributed by atoms with Crippen LogP contribution in [-0.4, -0.2) is 44.9 Å². The number of hydrogen-bond donors (Lipinski definition) is 2. The second-order valence-electron chi connectivity index (χ2n) is 9.72. The Bertz CT molecular complexity index is 1520. The molecule has 2 aliphatic heterocycles. The van der Waals surface area contributed by atoms with Crippen molar-refractivity contribution in [2.75, 3.05) is 5.32 Å². The largest absolute Gasteiger partial charge is 0.352 e. The summed E-state index contributed by atoms with van der Waals surface area (Å²) in [5.41, 5.74) is 3.95. The van der Waals surface area contributed by atoms with E-state index in [0.29, 0.717) is 34.4 Å². The summed E-state index contributed by atoms with van der Waals surface area (Å²) in [6.45, 7) is 4.19. The fraction of sp³-hybridized carbons (Fsp3) is 0.258. The van der Waals surface area contributed by atoms with Gasteiger partial charge in [-0.3, -0.25) is 19.4 Å². The summed E-state index contributed by atoms with van der Waals surface area (Å²) in [5, 5.41) is 5.58. The molecule has 3 aromatic rings. The Hall–Kier alpha value is -4.31. The molecule has 5 rings (SSSR count). The molecular formula is C31H30FN5O3S. The minimum atomic E-state index is -0.929. The molecule has 0 aliphatic carbocycles. The first kappa shape index (κ1) is 28.2. The normalized spacial score (nSPS) is 16.3. The molecule has 3 aromatic carbocycles. The van der Waals surface area contributed by atoms with Gasteiger partial charge in [0.15, 0.2) is 5.17 Å². The number of carbonyl (C=O) groups is 3. The first-order chi connectivity index (χ1) is 19.9. The zero-order chi connectivity index (χ0) is 28.9. The summed E-state index contributed by atoms with van der Waals surface area (Å²) in [6.07, 6.45) is 1.27. The van der Waals surface area contributed by atoms with E-state index in [1.54, 1.807) is 12.1 Å². The highest BCUT2D eigenvalue weighted by atomic mass is 32.2. The highest BCUT2D eigenvalue weighted by molar-refractivity contribution is 8.15. The van der Waals surface area contributed by atoms with Crippen LogP contribution in [0.3, 0.4) is 0 Å². The van der Waals surface area contributed by atoms with Gasteiger partial charge in [0, 0.05) is 17.8 Å². The van der Waals surface area contributed by atoms with Gasteiger partial charge in [-0.15, -0.1) is 0 Å². The van der Waals surface area contributed by atoms with E-state index in [4.69, 9.17) is 4.99 Å². The van der Waals surface area contributed by atoms with Crippen LogP contribution in [0, 0.1) is 5.82 Å². The number of amidine groups is 2. The monoisotopic (exact) mass is 571 g/mol. The number of nitrogens with zero attached hydrogens (tertiary/aromatic N) is 3. The molecule has 0 saturated heterocycles. The Morgan fingerprint density at radius 3 is 2.41 bits per heavy atom. The number of rotatable bonds is 9. The van der Waals surface area contributed by atoms with Crippen molar-refractivity contribution in [1.29, 1.82) is 0 Å². The summed E-state index contributed by atoms with van der Waals surface area (Å²) >= 11 is 1.21. The maximum Gasteiger partial charge on any atom is 0.259 e. The predicted octanol–water partition coefficient (Wildman–Crippen LogP) is 5.20. The van der Waals surface area contributed by atoms with Gasteiger partial charge in [0.25, 0.3) is 5.91 Å². The van der Waals surface area contributed by atoms with Gasteiger partial charge in [0.2, 0.25) is 11.8 Å². The van der Waals surface area contributed by atoms with Crippen LogP contribution in [0.5, 0.6) is 0 Å². The van der Waals surface area contributed by atoms with Crippen molar-refractivity contribution in [2.45, 2.75) is 50.9 Å². The molecule has 41 heavy (non-hydrogen) atoms. The number of fused-ring (bicyclic) bond motifs is 3. The molecule has 0 bridgehead atoms. The Morgan fingerprint density at radius 1 is 1.00 bits per heavy atom. The summed E-state index contributed by atoms with van der Waals surface area (Å²) in [4.78, 5) is 50.3. The van der Waals surface area contributed by atoms with E-state index in [2.05, 4.69) is 22.5 Å². The molecule has 0 saturated carbocycles. The molecule has 0 fully saturated rings. The standard InChI is InChI=1S/C31H30FN5O3S/c1-3-19-11-15-22(16-12-19)34-29(39)26(4-2)41-31-36-24-8-6-5-7-23(24)28-35-25(30(40)37(28)31)17-27(38)33-18-20-9-13-21(32)14-10-20/h5-16,25-26H,3-4,17-18H2,1-2H3,(H,33,38)(H,34,39)/t25-,26-/m1/s1. The van der Waals surface area contributed by atoms with Crippen LogP contribution in [0.2, 0.25) is 0 Å². The van der Waals surface area contributed by atoms with E-state index in [1.807, 2.05) is 55.5 Å². The summed E-state index contributed by atoms with van der Waals surface area (Å²) in [6, 6.07) is 20.0. The molecule has 8 nitrogen and oxygen atoms in total. The molecule has 2 N–H and O–H groups in total. The predicted molar refractivity (Wildman–Crippen MR) is 160 cm³/mol. The number of anilines is 1. The van der Waals surface area contributed by atoms with Gasteiger partial charge < -0.3 is 10.6 Å². The molecule has 0 aromatic heterocycles. The van der Waals surface area contributed by atoms with Crippen LogP contribution in [0.1, 0.15) is 43.4 Å². The zero-order valence-electron chi connectivity index (χ0n) is 22.8. The van der Waals surface area contributed by atoms with E-state index in [-0.39, 0.29) is 36.5 Å². The Kier molecular flexibility index (Phi) is 8.58. The van der Waals surface area contributed by atoms with Crippen molar-refractivity contribution in [2.24, 2.45) is 9.98 Å². The average Bonchev–Trinajstić information content (AvgIpc) is 3.31. The van der Waals surface area contributed by atoms with Crippen LogP contribution in [0.15, 0.2) is 82.8 Å². The number of hydrogen-bond acceptors (Lipinski definition) is 6. The first-order valence-corrected chi connectivity index (χ1v) is 14.4. The van der Waals surface area contributed by atoms with Crippen molar-refractivity contribution < 1.29 is 18.8 Å². The van der Waals surface area contributed by atoms with E-state index in [9.17, 15) is 18.8 Å². The third-order valence-corrected chi connectivity index (χ3v) is 8.19. The highest BCUT2D eigenvalue weighted by Crippen LogP contribution is 2.36. The van der Waals surface area contributed by atoms with Crippen molar-refractivity contribution in [3.05, 3.63) is 95.3 Å². The van der Waals surface area contributed by atoms with Crippen molar-refractivity contribution in [3.63, 3.8) is 0 Å². The van der Waals surface area contributed by atoms with Gasteiger partial charge in [-0.25, -0.2) is 14.3 Å². The molecule has 2 aliphatic rings. The molecule has 0 spiro atoms. The number of aliphatic imine (C=N–C) groups is 2. The average molecular weight is 572 g/mol. The number of nitrogens with one attached hydrogen (secondary N) is 2. The summed E-state index contributed by atoms with van der Waals surface area (Å²) in [7, 11) is 0. The Balaban J connectivity index is 1.31. The number of benzene rings is 3. The van der Waals surface area contributed by atoms with Crippen LogP contribution in [0.25, 0.3) is 0 Å². The van der Waals surface area contributed by atoms with Crippen molar-refractivity contribution >= 4 is 51.9 Å². The lowest BCUT2D eigenvalue weighted by Gasteiger charge is -2.27. The smallest absolute Gasteiger partial charge is 0.259 e. The van der Waals surface area contributed by atoms with E-state index >= 15 is 0 Å². The minimum absolute atomic E-state index is 0.147.